The molecule has 0 spiro atoms. The van der Waals surface area contributed by atoms with Gasteiger partial charge in [0, 0.05) is 12.0 Å². The van der Waals surface area contributed by atoms with Gasteiger partial charge in [-0.3, -0.25) is 9.63 Å². The summed E-state index contributed by atoms with van der Waals surface area (Å²) in [5.74, 6) is 0.222. The number of hydrogen-bond donors (Lipinski definition) is 1. The van der Waals surface area contributed by atoms with E-state index in [9.17, 15) is 4.79 Å². The first-order valence-electron chi connectivity index (χ1n) is 5.01. The van der Waals surface area contributed by atoms with Crippen LogP contribution in [0.3, 0.4) is 0 Å². The van der Waals surface area contributed by atoms with Gasteiger partial charge in [0.2, 0.25) is 0 Å². The number of rotatable bonds is 5. The fraction of sp³-hybridized carbons (Fsp3) is 0.900. The maximum atomic E-state index is 10.9. The number of hydroxylamine groups is 1. The van der Waals surface area contributed by atoms with Crippen LogP contribution in [-0.4, -0.2) is 17.4 Å². The van der Waals surface area contributed by atoms with Crippen molar-refractivity contribution >= 4 is 5.78 Å². The summed E-state index contributed by atoms with van der Waals surface area (Å²) in [7, 11) is 0. The van der Waals surface area contributed by atoms with E-state index in [4.69, 9.17) is 4.84 Å². The van der Waals surface area contributed by atoms with Gasteiger partial charge >= 0.3 is 0 Å². The van der Waals surface area contributed by atoms with E-state index in [1.54, 1.807) is 0 Å². The first kappa shape index (κ1) is 10.7. The zero-order valence-electron chi connectivity index (χ0n) is 8.72. The highest BCUT2D eigenvalue weighted by atomic mass is 16.7. The van der Waals surface area contributed by atoms with Crippen LogP contribution in [0.25, 0.3) is 0 Å². The van der Waals surface area contributed by atoms with Gasteiger partial charge in [-0.15, -0.1) is 0 Å². The van der Waals surface area contributed by atoms with Crippen LogP contribution in [0.5, 0.6) is 0 Å². The van der Waals surface area contributed by atoms with Gasteiger partial charge in [-0.2, -0.15) is 5.48 Å². The highest BCUT2D eigenvalue weighted by Crippen LogP contribution is 2.19. The van der Waals surface area contributed by atoms with Crippen LogP contribution in [0, 0.1) is 0 Å². The quantitative estimate of drug-likeness (QED) is 0.664. The van der Waals surface area contributed by atoms with Crippen molar-refractivity contribution in [3.05, 3.63) is 0 Å². The van der Waals surface area contributed by atoms with E-state index in [1.165, 1.54) is 0 Å². The Labute approximate surface area is 79.8 Å². The Morgan fingerprint density at radius 3 is 2.69 bits per heavy atom. The van der Waals surface area contributed by atoms with Crippen molar-refractivity contribution in [2.24, 2.45) is 0 Å². The SMILES string of the molecule is CCCC(C)(C)NOC1CCC1=O. The Balaban J connectivity index is 2.20. The van der Waals surface area contributed by atoms with Gasteiger partial charge in [0.1, 0.15) is 6.10 Å². The van der Waals surface area contributed by atoms with Crippen LogP contribution >= 0.6 is 0 Å². The third kappa shape index (κ3) is 3.08. The van der Waals surface area contributed by atoms with Crippen molar-refractivity contribution in [3.63, 3.8) is 0 Å². The number of ketones is 1. The smallest absolute Gasteiger partial charge is 0.163 e. The molecule has 0 saturated heterocycles. The minimum Gasteiger partial charge on any atom is -0.297 e. The van der Waals surface area contributed by atoms with Crippen LogP contribution < -0.4 is 5.48 Å². The van der Waals surface area contributed by atoms with E-state index < -0.39 is 0 Å². The second-order valence-corrected chi connectivity index (χ2v) is 4.35. The maximum absolute atomic E-state index is 10.9. The molecule has 13 heavy (non-hydrogen) atoms. The van der Waals surface area contributed by atoms with Gasteiger partial charge in [0.05, 0.1) is 0 Å². The van der Waals surface area contributed by atoms with Crippen LogP contribution in [0.15, 0.2) is 0 Å². The Morgan fingerprint density at radius 2 is 2.31 bits per heavy atom. The zero-order valence-corrected chi connectivity index (χ0v) is 8.72. The summed E-state index contributed by atoms with van der Waals surface area (Å²) in [6.07, 6.45) is 3.53. The molecule has 0 aromatic heterocycles. The van der Waals surface area contributed by atoms with E-state index in [0.717, 1.165) is 19.3 Å². The lowest BCUT2D eigenvalue weighted by Gasteiger charge is -2.31. The molecule has 1 N–H and O–H groups in total. The van der Waals surface area contributed by atoms with Crippen molar-refractivity contribution in [2.45, 2.75) is 58.1 Å². The Morgan fingerprint density at radius 1 is 1.62 bits per heavy atom. The lowest BCUT2D eigenvalue weighted by Crippen LogP contribution is -2.46. The number of carbonyl (C=O) groups is 1. The minimum absolute atomic E-state index is 0.0232. The third-order valence-corrected chi connectivity index (χ3v) is 2.36. The maximum Gasteiger partial charge on any atom is 0.163 e. The summed E-state index contributed by atoms with van der Waals surface area (Å²) in [6, 6.07) is 0. The summed E-state index contributed by atoms with van der Waals surface area (Å²) in [5, 5.41) is 0. The molecular formula is C10H19NO2. The summed E-state index contributed by atoms with van der Waals surface area (Å²) >= 11 is 0. The second kappa shape index (κ2) is 4.20. The molecular weight excluding hydrogens is 166 g/mol. The van der Waals surface area contributed by atoms with Crippen LogP contribution in [0.2, 0.25) is 0 Å². The summed E-state index contributed by atoms with van der Waals surface area (Å²) in [6.45, 7) is 6.30. The van der Waals surface area contributed by atoms with Crippen molar-refractivity contribution in [2.75, 3.05) is 0 Å². The van der Waals surface area contributed by atoms with Gasteiger partial charge in [0.15, 0.2) is 5.78 Å². The van der Waals surface area contributed by atoms with Crippen LogP contribution in [-0.2, 0) is 9.63 Å². The molecule has 1 atom stereocenters. The first-order chi connectivity index (χ1) is 6.05. The summed E-state index contributed by atoms with van der Waals surface area (Å²) in [4.78, 5) is 16.2. The van der Waals surface area contributed by atoms with Gasteiger partial charge in [-0.05, 0) is 26.7 Å². The summed E-state index contributed by atoms with van der Waals surface area (Å²) in [5.41, 5.74) is 2.95. The Bertz CT molecular complexity index is 189. The van der Waals surface area contributed by atoms with E-state index in [0.29, 0.717) is 6.42 Å². The molecule has 0 bridgehead atoms. The van der Waals surface area contributed by atoms with Crippen molar-refractivity contribution in [1.29, 1.82) is 0 Å². The molecule has 0 amide bonds. The second-order valence-electron chi connectivity index (χ2n) is 4.35. The average Bonchev–Trinajstić information content (AvgIpc) is 2.01. The molecule has 1 aliphatic rings. The number of carbonyl (C=O) groups excluding carboxylic acids is 1. The topological polar surface area (TPSA) is 38.3 Å². The number of hydrogen-bond acceptors (Lipinski definition) is 3. The minimum atomic E-state index is -0.184. The predicted molar refractivity (Wildman–Crippen MR) is 51.2 cm³/mol. The van der Waals surface area contributed by atoms with E-state index in [-0.39, 0.29) is 17.4 Å². The molecule has 3 nitrogen and oxygen atoms in total. The molecule has 0 aliphatic heterocycles. The monoisotopic (exact) mass is 185 g/mol. The highest BCUT2D eigenvalue weighted by molar-refractivity contribution is 5.88. The molecule has 0 heterocycles. The molecule has 1 unspecified atom stereocenters. The van der Waals surface area contributed by atoms with Gasteiger partial charge < -0.3 is 0 Å². The van der Waals surface area contributed by atoms with E-state index in [1.807, 2.05) is 0 Å². The van der Waals surface area contributed by atoms with E-state index >= 15 is 0 Å². The van der Waals surface area contributed by atoms with Gasteiger partial charge in [-0.25, -0.2) is 0 Å². The predicted octanol–water partition coefficient (Wildman–Crippen LogP) is 1.82. The van der Waals surface area contributed by atoms with Crippen LogP contribution in [0.1, 0.15) is 46.5 Å². The average molecular weight is 185 g/mol. The molecule has 0 aromatic rings. The Kier molecular flexibility index (Phi) is 3.45. The van der Waals surface area contributed by atoms with Crippen molar-refractivity contribution in [1.82, 2.24) is 5.48 Å². The highest BCUT2D eigenvalue weighted by Gasteiger charge is 2.31. The molecule has 3 heteroatoms. The zero-order chi connectivity index (χ0) is 9.90. The van der Waals surface area contributed by atoms with Crippen molar-refractivity contribution < 1.29 is 9.63 Å². The molecule has 1 fully saturated rings. The molecule has 0 radical (unpaired) electrons. The van der Waals surface area contributed by atoms with E-state index in [2.05, 4.69) is 26.3 Å². The first-order valence-corrected chi connectivity index (χ1v) is 5.01. The van der Waals surface area contributed by atoms with Gasteiger partial charge in [0.25, 0.3) is 0 Å². The lowest BCUT2D eigenvalue weighted by atomic mass is 9.94. The number of nitrogens with one attached hydrogen (secondary N) is 1. The fourth-order valence-corrected chi connectivity index (χ4v) is 1.41. The normalized spacial score (nSPS) is 23.0. The standard InChI is InChI=1S/C10H19NO2/c1-4-7-10(2,3)11-13-9-6-5-8(9)12/h9,11H,4-7H2,1-3H3. The van der Waals surface area contributed by atoms with Gasteiger partial charge in [-0.1, -0.05) is 13.3 Å². The number of Topliss-reactive ketones (excluding diaryl/α,β-unsaturated/α-hetero) is 1. The fourth-order valence-electron chi connectivity index (χ4n) is 1.41. The summed E-state index contributed by atoms with van der Waals surface area (Å²) < 4.78 is 0. The third-order valence-electron chi connectivity index (χ3n) is 2.36. The lowest BCUT2D eigenvalue weighted by molar-refractivity contribution is -0.153. The van der Waals surface area contributed by atoms with Crippen molar-refractivity contribution in [3.8, 4) is 0 Å². The van der Waals surface area contributed by atoms with Crippen LogP contribution in [0.4, 0.5) is 0 Å². The molecule has 1 rings (SSSR count). The molecule has 1 saturated carbocycles. The molecule has 0 aromatic carbocycles. The Hall–Kier alpha value is -0.410. The molecule has 76 valence electrons. The largest absolute Gasteiger partial charge is 0.297 e. The molecule has 1 aliphatic carbocycles.